The van der Waals surface area contributed by atoms with Gasteiger partial charge in [-0.05, 0) is 30.5 Å². The van der Waals surface area contributed by atoms with Gasteiger partial charge >= 0.3 is 6.61 Å². The number of ether oxygens (including phenoxy) is 3. The predicted octanol–water partition coefficient (Wildman–Crippen LogP) is 3.91. The average molecular weight is 434 g/mol. The van der Waals surface area contributed by atoms with Crippen LogP contribution >= 0.6 is 0 Å². The molecule has 0 amide bonds. The Morgan fingerprint density at radius 2 is 2.00 bits per heavy atom. The van der Waals surface area contributed by atoms with E-state index in [9.17, 15) is 8.78 Å². The second kappa shape index (κ2) is 10.8. The number of nitrogens with zero attached hydrogens (tertiary/aromatic N) is 2. The molecule has 0 radical (unpaired) electrons. The van der Waals surface area contributed by atoms with Crippen molar-refractivity contribution >= 4 is 5.96 Å². The second-order valence-corrected chi connectivity index (χ2v) is 7.40. The van der Waals surface area contributed by atoms with E-state index in [-0.39, 0.29) is 25.0 Å². The number of alkyl halides is 2. The molecule has 1 atom stereocenters. The monoisotopic (exact) mass is 434 g/mol. The van der Waals surface area contributed by atoms with Gasteiger partial charge in [0.05, 0.1) is 6.54 Å². The summed E-state index contributed by atoms with van der Waals surface area (Å²) in [7, 11) is 0. The molecule has 0 fully saturated rings. The van der Waals surface area contributed by atoms with Crippen molar-refractivity contribution in [3.8, 4) is 17.2 Å². The molecule has 0 aliphatic carbocycles. The lowest BCUT2D eigenvalue weighted by atomic mass is 9.89. The Kier molecular flexibility index (Phi) is 7.86. The van der Waals surface area contributed by atoms with E-state index in [1.54, 1.807) is 12.3 Å². The fourth-order valence-electron chi connectivity index (χ4n) is 3.34. The summed E-state index contributed by atoms with van der Waals surface area (Å²) in [6.45, 7) is 4.82. The molecular weight excluding hydrogens is 406 g/mol. The van der Waals surface area contributed by atoms with E-state index in [0.29, 0.717) is 42.0 Å². The lowest BCUT2D eigenvalue weighted by molar-refractivity contribution is -0.0505. The van der Waals surface area contributed by atoms with Gasteiger partial charge in [0.2, 0.25) is 6.79 Å². The predicted molar refractivity (Wildman–Crippen MR) is 114 cm³/mol. The number of aliphatic imine (C=N–C) groups is 1. The molecule has 2 N–H and O–H groups in total. The van der Waals surface area contributed by atoms with Crippen molar-refractivity contribution in [2.45, 2.75) is 39.8 Å². The molecule has 1 unspecified atom stereocenters. The summed E-state index contributed by atoms with van der Waals surface area (Å²) < 4.78 is 41.0. The highest BCUT2D eigenvalue weighted by Crippen LogP contribution is 2.39. The van der Waals surface area contributed by atoms with E-state index in [1.165, 1.54) is 6.07 Å². The molecule has 9 heteroatoms. The molecule has 31 heavy (non-hydrogen) atoms. The van der Waals surface area contributed by atoms with Gasteiger partial charge in [0.1, 0.15) is 5.75 Å². The molecule has 1 aliphatic rings. The van der Waals surface area contributed by atoms with Gasteiger partial charge < -0.3 is 24.8 Å². The molecule has 2 aromatic rings. The Morgan fingerprint density at radius 3 is 2.65 bits per heavy atom. The van der Waals surface area contributed by atoms with Gasteiger partial charge in [0.15, 0.2) is 17.5 Å². The van der Waals surface area contributed by atoms with Crippen molar-refractivity contribution < 1.29 is 23.0 Å². The highest BCUT2D eigenvalue weighted by molar-refractivity contribution is 5.79. The number of benzene rings is 1. The van der Waals surface area contributed by atoms with Crippen LogP contribution in [0.25, 0.3) is 0 Å². The maximum Gasteiger partial charge on any atom is 0.387 e. The summed E-state index contributed by atoms with van der Waals surface area (Å²) in [5.74, 6) is 2.10. The summed E-state index contributed by atoms with van der Waals surface area (Å²) in [4.78, 5) is 8.78. The van der Waals surface area contributed by atoms with Gasteiger partial charge in [0, 0.05) is 43.0 Å². The van der Waals surface area contributed by atoms with Crippen LogP contribution in [0.4, 0.5) is 8.78 Å². The third kappa shape index (κ3) is 6.19. The van der Waals surface area contributed by atoms with Crippen LogP contribution in [0, 0.1) is 5.92 Å². The average Bonchev–Trinajstić information content (AvgIpc) is 3.19. The first-order chi connectivity index (χ1) is 15.0. The first kappa shape index (κ1) is 22.6. The van der Waals surface area contributed by atoms with E-state index >= 15 is 0 Å². The quantitative estimate of drug-likeness (QED) is 0.460. The number of rotatable bonds is 9. The zero-order valence-electron chi connectivity index (χ0n) is 17.9. The highest BCUT2D eigenvalue weighted by Gasteiger charge is 2.20. The Balaban J connectivity index is 1.75. The zero-order valence-corrected chi connectivity index (χ0v) is 17.9. The zero-order chi connectivity index (χ0) is 22.2. The first-order valence-corrected chi connectivity index (χ1v) is 10.3. The minimum atomic E-state index is -2.94. The van der Waals surface area contributed by atoms with E-state index in [1.807, 2.05) is 19.2 Å². The van der Waals surface area contributed by atoms with E-state index in [4.69, 9.17) is 9.47 Å². The normalized spacial score (nSPS) is 14.1. The van der Waals surface area contributed by atoms with Gasteiger partial charge in [-0.2, -0.15) is 8.78 Å². The summed E-state index contributed by atoms with van der Waals surface area (Å²) in [6.07, 6.45) is 3.63. The number of hydrogen-bond donors (Lipinski definition) is 2. The van der Waals surface area contributed by atoms with E-state index < -0.39 is 6.61 Å². The third-order valence-corrected chi connectivity index (χ3v) is 4.93. The maximum atomic E-state index is 12.9. The molecule has 0 saturated heterocycles. The van der Waals surface area contributed by atoms with Crippen molar-refractivity contribution in [1.29, 1.82) is 0 Å². The van der Waals surface area contributed by atoms with Crippen molar-refractivity contribution in [3.05, 3.63) is 47.8 Å². The lowest BCUT2D eigenvalue weighted by Gasteiger charge is -2.23. The molecule has 2 heterocycles. The Hall–Kier alpha value is -3.10. The van der Waals surface area contributed by atoms with Crippen molar-refractivity contribution in [2.24, 2.45) is 10.9 Å². The molecule has 168 valence electrons. The number of hydrogen-bond acceptors (Lipinski definition) is 5. The minimum Gasteiger partial charge on any atom is -0.454 e. The number of halogens is 2. The largest absolute Gasteiger partial charge is 0.454 e. The van der Waals surface area contributed by atoms with E-state index in [2.05, 4.69) is 45.3 Å². The Morgan fingerprint density at radius 1 is 1.23 bits per heavy atom. The lowest BCUT2D eigenvalue weighted by Crippen LogP contribution is -2.40. The van der Waals surface area contributed by atoms with Crippen molar-refractivity contribution in [1.82, 2.24) is 15.6 Å². The SMILES string of the molecule is CCNC(=NCc1cc2c(cc1OC(F)F)OCO2)NCC(c1cccnc1)C(C)C. The van der Waals surface area contributed by atoms with Crippen LogP contribution in [0.15, 0.2) is 41.7 Å². The summed E-state index contributed by atoms with van der Waals surface area (Å²) in [6, 6.07) is 7.02. The minimum absolute atomic E-state index is 0.0225. The Labute approximate surface area is 180 Å². The van der Waals surface area contributed by atoms with Gasteiger partial charge in [0.25, 0.3) is 0 Å². The molecule has 0 spiro atoms. The van der Waals surface area contributed by atoms with Crippen molar-refractivity contribution in [3.63, 3.8) is 0 Å². The molecule has 7 nitrogen and oxygen atoms in total. The number of guanidine groups is 1. The van der Waals surface area contributed by atoms with Gasteiger partial charge in [-0.25, -0.2) is 4.99 Å². The summed E-state index contributed by atoms with van der Waals surface area (Å²) in [5, 5.41) is 6.54. The summed E-state index contributed by atoms with van der Waals surface area (Å²) >= 11 is 0. The van der Waals surface area contributed by atoms with Crippen molar-refractivity contribution in [2.75, 3.05) is 19.9 Å². The highest BCUT2D eigenvalue weighted by atomic mass is 19.3. The molecule has 1 aromatic carbocycles. The van der Waals surface area contributed by atoms with Gasteiger partial charge in [-0.1, -0.05) is 19.9 Å². The fourth-order valence-corrected chi connectivity index (χ4v) is 3.34. The molecule has 3 rings (SSSR count). The van der Waals surface area contributed by atoms with Crippen LogP contribution < -0.4 is 24.8 Å². The number of fused-ring (bicyclic) bond motifs is 1. The van der Waals surface area contributed by atoms with Gasteiger partial charge in [-0.3, -0.25) is 4.98 Å². The summed E-state index contributed by atoms with van der Waals surface area (Å²) in [5.41, 5.74) is 1.62. The van der Waals surface area contributed by atoms with Crippen LogP contribution in [0.3, 0.4) is 0 Å². The molecule has 1 aromatic heterocycles. The first-order valence-electron chi connectivity index (χ1n) is 10.3. The molecule has 1 aliphatic heterocycles. The van der Waals surface area contributed by atoms with Crippen LogP contribution in [-0.4, -0.2) is 37.4 Å². The van der Waals surface area contributed by atoms with Crippen LogP contribution in [0.1, 0.15) is 37.8 Å². The van der Waals surface area contributed by atoms with Crippen LogP contribution in [0.5, 0.6) is 17.2 Å². The number of nitrogens with one attached hydrogen (secondary N) is 2. The van der Waals surface area contributed by atoms with Crippen LogP contribution in [0.2, 0.25) is 0 Å². The van der Waals surface area contributed by atoms with Crippen LogP contribution in [-0.2, 0) is 6.54 Å². The topological polar surface area (TPSA) is 77.0 Å². The van der Waals surface area contributed by atoms with E-state index in [0.717, 1.165) is 5.56 Å². The number of aromatic nitrogens is 1. The standard InChI is InChI=1S/C22H28F2N4O3/c1-4-26-22(28-12-17(14(2)3)15-6-5-7-25-10-15)27-11-16-8-19-20(30-13-29-19)9-18(16)31-21(23)24/h5-10,14,17,21H,4,11-13H2,1-3H3,(H2,26,27,28). The molecule has 0 saturated carbocycles. The number of pyridine rings is 1. The smallest absolute Gasteiger partial charge is 0.387 e. The van der Waals surface area contributed by atoms with Gasteiger partial charge in [-0.15, -0.1) is 0 Å². The molecular formula is C22H28F2N4O3. The second-order valence-electron chi connectivity index (χ2n) is 7.40. The fraction of sp³-hybridized carbons (Fsp3) is 0.455. The Bertz CT molecular complexity index is 879. The molecule has 0 bridgehead atoms. The maximum absolute atomic E-state index is 12.9. The third-order valence-electron chi connectivity index (χ3n) is 4.93.